The number of hydrogen-bond acceptors (Lipinski definition) is 3. The Labute approximate surface area is 139 Å². The molecule has 0 bridgehead atoms. The third kappa shape index (κ3) is 13.3. The Hall–Kier alpha value is -0.0600. The Morgan fingerprint density at radius 1 is 0.714 bits per heavy atom. The van der Waals surface area contributed by atoms with Gasteiger partial charge in [-0.05, 0) is 25.7 Å². The highest BCUT2D eigenvalue weighted by atomic mass is 35.5. The fourth-order valence-electron chi connectivity index (χ4n) is 1.71. The monoisotopic (exact) mass is 338 g/mol. The van der Waals surface area contributed by atoms with E-state index in [2.05, 4.69) is 24.3 Å². The lowest BCUT2D eigenvalue weighted by molar-refractivity contribution is -0.232. The van der Waals surface area contributed by atoms with Gasteiger partial charge in [-0.15, -0.1) is 23.2 Å². The highest BCUT2D eigenvalue weighted by Gasteiger charge is 2.14. The number of allylic oxidation sites excluding steroid dienone is 4. The van der Waals surface area contributed by atoms with Crippen LogP contribution in [0.2, 0.25) is 0 Å². The molecule has 2 unspecified atom stereocenters. The van der Waals surface area contributed by atoms with E-state index < -0.39 is 0 Å². The van der Waals surface area contributed by atoms with Gasteiger partial charge < -0.3 is 14.2 Å². The van der Waals surface area contributed by atoms with Crippen LogP contribution in [0.15, 0.2) is 24.3 Å². The molecule has 0 N–H and O–H groups in total. The summed E-state index contributed by atoms with van der Waals surface area (Å²) in [4.78, 5) is 0. The van der Waals surface area contributed by atoms with Crippen molar-refractivity contribution in [3.63, 3.8) is 0 Å². The highest BCUT2D eigenvalue weighted by molar-refractivity contribution is 6.18. The van der Waals surface area contributed by atoms with Crippen LogP contribution in [0.4, 0.5) is 0 Å². The molecule has 0 heterocycles. The van der Waals surface area contributed by atoms with E-state index in [1.807, 2.05) is 0 Å². The lowest BCUT2D eigenvalue weighted by Gasteiger charge is -2.22. The fourth-order valence-corrected chi connectivity index (χ4v) is 1.97. The van der Waals surface area contributed by atoms with Crippen molar-refractivity contribution in [3.05, 3.63) is 24.3 Å². The second-order valence-corrected chi connectivity index (χ2v) is 5.28. The first-order chi connectivity index (χ1) is 10.3. The predicted octanol–water partition coefficient (Wildman–Crippen LogP) is 4.88. The molecule has 0 rings (SSSR count). The van der Waals surface area contributed by atoms with Gasteiger partial charge in [-0.25, -0.2) is 0 Å². The van der Waals surface area contributed by atoms with E-state index in [9.17, 15) is 0 Å². The molecule has 0 aliphatic heterocycles. The van der Waals surface area contributed by atoms with Crippen LogP contribution in [0.25, 0.3) is 0 Å². The first-order valence-corrected chi connectivity index (χ1v) is 8.48. The van der Waals surface area contributed by atoms with Gasteiger partial charge in [0.25, 0.3) is 0 Å². The van der Waals surface area contributed by atoms with Crippen LogP contribution in [0, 0.1) is 0 Å². The van der Waals surface area contributed by atoms with Crippen molar-refractivity contribution in [2.24, 2.45) is 0 Å². The van der Waals surface area contributed by atoms with Gasteiger partial charge in [0.05, 0.1) is 0 Å². The summed E-state index contributed by atoms with van der Waals surface area (Å²) in [6.07, 6.45) is 13.1. The third-order valence-corrected chi connectivity index (χ3v) is 3.29. The summed E-state index contributed by atoms with van der Waals surface area (Å²) < 4.78 is 16.5. The fraction of sp³-hybridized carbons (Fsp3) is 0.750. The summed E-state index contributed by atoms with van der Waals surface area (Å²) >= 11 is 11.2. The summed E-state index contributed by atoms with van der Waals surface area (Å²) in [5.74, 6) is 1.31. The molecule has 0 aromatic rings. The van der Waals surface area contributed by atoms with E-state index in [4.69, 9.17) is 37.4 Å². The lowest BCUT2D eigenvalue weighted by atomic mass is 10.2. The largest absolute Gasteiger partial charge is 0.356 e. The molecule has 2 atom stereocenters. The summed E-state index contributed by atoms with van der Waals surface area (Å²) in [5.41, 5.74) is 0. The summed E-state index contributed by atoms with van der Waals surface area (Å²) in [6.45, 7) is 0. The van der Waals surface area contributed by atoms with Gasteiger partial charge in [-0.2, -0.15) is 0 Å². The number of hydrogen-bond donors (Lipinski definition) is 0. The van der Waals surface area contributed by atoms with Crippen molar-refractivity contribution in [2.45, 2.75) is 51.1 Å². The van der Waals surface area contributed by atoms with Gasteiger partial charge >= 0.3 is 0 Å². The molecule has 3 nitrogen and oxygen atoms in total. The van der Waals surface area contributed by atoms with Crippen molar-refractivity contribution in [3.8, 4) is 0 Å². The number of ether oxygens (including phenoxy) is 3. The predicted molar refractivity (Wildman–Crippen MR) is 90.1 cm³/mol. The molecule has 0 aliphatic rings. The van der Waals surface area contributed by atoms with Crippen LogP contribution in [-0.4, -0.2) is 38.6 Å². The average Bonchev–Trinajstić information content (AvgIpc) is 2.51. The topological polar surface area (TPSA) is 27.7 Å². The van der Waals surface area contributed by atoms with E-state index in [1.54, 1.807) is 14.2 Å². The van der Waals surface area contributed by atoms with Crippen LogP contribution in [0.1, 0.15) is 38.5 Å². The zero-order valence-electron chi connectivity index (χ0n) is 13.1. The number of alkyl halides is 2. The molecule has 0 saturated carbocycles. The Morgan fingerprint density at radius 3 is 1.43 bits per heavy atom. The van der Waals surface area contributed by atoms with Gasteiger partial charge in [-0.1, -0.05) is 24.3 Å². The highest BCUT2D eigenvalue weighted by Crippen LogP contribution is 2.12. The average molecular weight is 339 g/mol. The zero-order chi connectivity index (χ0) is 15.8. The van der Waals surface area contributed by atoms with Crippen LogP contribution in [0.5, 0.6) is 0 Å². The minimum Gasteiger partial charge on any atom is -0.356 e. The van der Waals surface area contributed by atoms with Crippen molar-refractivity contribution >= 4 is 23.2 Å². The third-order valence-electron chi connectivity index (χ3n) is 2.85. The Morgan fingerprint density at radius 2 is 1.10 bits per heavy atom. The maximum Gasteiger partial charge on any atom is 0.160 e. The molecule has 0 radical (unpaired) electrons. The van der Waals surface area contributed by atoms with Gasteiger partial charge in [0.2, 0.25) is 0 Å². The van der Waals surface area contributed by atoms with Crippen molar-refractivity contribution in [2.75, 3.05) is 26.0 Å². The zero-order valence-corrected chi connectivity index (χ0v) is 14.6. The van der Waals surface area contributed by atoms with Crippen molar-refractivity contribution in [1.82, 2.24) is 0 Å². The molecule has 0 aromatic heterocycles. The van der Waals surface area contributed by atoms with E-state index in [0.29, 0.717) is 11.8 Å². The molecular weight excluding hydrogens is 311 g/mol. The Balaban J connectivity index is 3.93. The summed E-state index contributed by atoms with van der Waals surface area (Å²) in [7, 11) is 3.31. The van der Waals surface area contributed by atoms with Crippen LogP contribution < -0.4 is 0 Å². The van der Waals surface area contributed by atoms with E-state index in [-0.39, 0.29) is 12.6 Å². The minimum atomic E-state index is -0.248. The van der Waals surface area contributed by atoms with E-state index in [0.717, 1.165) is 38.5 Å². The molecule has 21 heavy (non-hydrogen) atoms. The smallest absolute Gasteiger partial charge is 0.160 e. The summed E-state index contributed by atoms with van der Waals surface area (Å²) in [6, 6.07) is 0. The van der Waals surface area contributed by atoms with E-state index >= 15 is 0 Å². The second-order valence-electron chi connectivity index (χ2n) is 4.52. The molecule has 0 amide bonds. The molecule has 124 valence electrons. The normalized spacial score (nSPS) is 15.0. The van der Waals surface area contributed by atoms with Crippen LogP contribution in [0.3, 0.4) is 0 Å². The standard InChI is InChI=1S/C16H28Cl2O3/c1-19-15(11-7-3-5-9-13-17)21-16(20-2)12-8-4-6-10-14-18/h3-6,15-16H,7-14H2,1-2H3/b5-3-,6-4-. The number of rotatable bonds is 14. The first-order valence-electron chi connectivity index (χ1n) is 7.41. The second kappa shape index (κ2) is 16.3. The molecule has 5 heteroatoms. The van der Waals surface area contributed by atoms with Gasteiger partial charge in [0.1, 0.15) is 0 Å². The minimum absolute atomic E-state index is 0.248. The number of methoxy groups -OCH3 is 2. The quantitative estimate of drug-likeness (QED) is 0.256. The van der Waals surface area contributed by atoms with Crippen LogP contribution in [-0.2, 0) is 14.2 Å². The molecule has 0 aromatic carbocycles. The Kier molecular flexibility index (Phi) is 16.3. The maximum atomic E-state index is 5.80. The first kappa shape index (κ1) is 20.9. The van der Waals surface area contributed by atoms with Crippen molar-refractivity contribution in [1.29, 1.82) is 0 Å². The van der Waals surface area contributed by atoms with Gasteiger partial charge in [-0.3, -0.25) is 0 Å². The number of halogens is 2. The van der Waals surface area contributed by atoms with Crippen molar-refractivity contribution < 1.29 is 14.2 Å². The summed E-state index contributed by atoms with van der Waals surface area (Å²) in [5, 5.41) is 0. The molecular formula is C16H28Cl2O3. The van der Waals surface area contributed by atoms with Crippen LogP contribution >= 0.6 is 23.2 Å². The molecule has 0 aliphatic carbocycles. The molecule has 0 saturated heterocycles. The van der Waals surface area contributed by atoms with Gasteiger partial charge in [0.15, 0.2) is 12.6 Å². The lowest BCUT2D eigenvalue weighted by Crippen LogP contribution is -2.25. The van der Waals surface area contributed by atoms with E-state index in [1.165, 1.54) is 0 Å². The molecule has 0 spiro atoms. The maximum absolute atomic E-state index is 5.80. The SMILES string of the molecule is COC(CC/C=C\CCCl)OC(CC/C=C\CCCl)OC. The molecule has 0 fully saturated rings. The van der Waals surface area contributed by atoms with Gasteiger partial charge in [0, 0.05) is 38.8 Å². The Bertz CT molecular complexity index is 244.